The molecule has 0 radical (unpaired) electrons. The van der Waals surface area contributed by atoms with Crippen LogP contribution in [0.4, 0.5) is 5.69 Å². The minimum Gasteiger partial charge on any atom is -0.325 e. The number of aryl methyl sites for hydroxylation is 1. The Labute approximate surface area is 124 Å². The second-order valence-electron chi connectivity index (χ2n) is 5.28. The third-order valence-corrected chi connectivity index (χ3v) is 3.80. The summed E-state index contributed by atoms with van der Waals surface area (Å²) < 4.78 is 0. The maximum Gasteiger partial charge on any atom is 0.238 e. The molecule has 4 nitrogen and oxygen atoms in total. The van der Waals surface area contributed by atoms with E-state index in [0.717, 1.165) is 36.9 Å². The number of carbonyl (C=O) groups excluding carboxylic acids is 2. The number of hydrogen-bond donors (Lipinski definition) is 1. The number of halogens is 1. The van der Waals surface area contributed by atoms with Crippen molar-refractivity contribution in [3.63, 3.8) is 0 Å². The molecule has 1 aliphatic rings. The van der Waals surface area contributed by atoms with Gasteiger partial charge in [-0.2, -0.15) is 0 Å². The molecule has 1 aliphatic heterocycles. The Bertz CT molecular complexity index is 505. The summed E-state index contributed by atoms with van der Waals surface area (Å²) in [6, 6.07) is 5.38. The summed E-state index contributed by atoms with van der Waals surface area (Å²) in [5, 5.41) is 3.55. The third-order valence-electron chi connectivity index (χ3n) is 3.56. The Morgan fingerprint density at radius 1 is 1.55 bits per heavy atom. The van der Waals surface area contributed by atoms with Crippen molar-refractivity contribution >= 4 is 29.5 Å². The Morgan fingerprint density at radius 3 is 3.05 bits per heavy atom. The van der Waals surface area contributed by atoms with Gasteiger partial charge in [-0.1, -0.05) is 11.6 Å². The summed E-state index contributed by atoms with van der Waals surface area (Å²) >= 11 is 5.89. The molecule has 0 saturated carbocycles. The first-order chi connectivity index (χ1) is 9.58. The Balaban J connectivity index is 1.90. The maximum absolute atomic E-state index is 12.0. The van der Waals surface area contributed by atoms with Crippen LogP contribution in [0.1, 0.15) is 18.4 Å². The lowest BCUT2D eigenvalue weighted by Crippen LogP contribution is -2.40. The van der Waals surface area contributed by atoms with Gasteiger partial charge in [-0.15, -0.1) is 0 Å². The van der Waals surface area contributed by atoms with Gasteiger partial charge in [-0.05, 0) is 50.1 Å². The number of rotatable bonds is 4. The van der Waals surface area contributed by atoms with E-state index in [1.807, 2.05) is 17.9 Å². The molecular weight excluding hydrogens is 276 g/mol. The van der Waals surface area contributed by atoms with Gasteiger partial charge >= 0.3 is 0 Å². The molecule has 1 heterocycles. The summed E-state index contributed by atoms with van der Waals surface area (Å²) in [6.45, 7) is 3.78. The molecule has 1 fully saturated rings. The SMILES string of the molecule is Cc1cc(Cl)ccc1NC(=O)CN1CCCC(C=O)C1. The molecule has 2 rings (SSSR count). The van der Waals surface area contributed by atoms with Gasteiger partial charge in [0.15, 0.2) is 0 Å². The van der Waals surface area contributed by atoms with E-state index in [1.165, 1.54) is 0 Å². The average Bonchev–Trinajstić information content (AvgIpc) is 2.42. The van der Waals surface area contributed by atoms with Crippen LogP contribution in [0.15, 0.2) is 18.2 Å². The van der Waals surface area contributed by atoms with E-state index in [2.05, 4.69) is 5.32 Å². The fourth-order valence-electron chi connectivity index (χ4n) is 2.51. The molecule has 1 aromatic carbocycles. The van der Waals surface area contributed by atoms with Crippen LogP contribution in [0.3, 0.4) is 0 Å². The molecule has 1 aromatic rings. The van der Waals surface area contributed by atoms with Crippen LogP contribution in [0.2, 0.25) is 5.02 Å². The number of benzene rings is 1. The molecule has 0 aliphatic carbocycles. The van der Waals surface area contributed by atoms with Crippen molar-refractivity contribution in [2.24, 2.45) is 5.92 Å². The lowest BCUT2D eigenvalue weighted by molar-refractivity contribution is -0.119. The first kappa shape index (κ1) is 15.0. The maximum atomic E-state index is 12.0. The molecule has 5 heteroatoms. The topological polar surface area (TPSA) is 49.4 Å². The number of carbonyl (C=O) groups is 2. The van der Waals surface area contributed by atoms with Crippen LogP contribution in [0, 0.1) is 12.8 Å². The fourth-order valence-corrected chi connectivity index (χ4v) is 2.73. The van der Waals surface area contributed by atoms with Crippen LogP contribution in [-0.4, -0.2) is 36.7 Å². The summed E-state index contributed by atoms with van der Waals surface area (Å²) in [4.78, 5) is 24.9. The smallest absolute Gasteiger partial charge is 0.238 e. The second kappa shape index (κ2) is 6.86. The standard InChI is InChI=1S/C15H19ClN2O2/c1-11-7-13(16)4-5-14(11)17-15(20)9-18-6-2-3-12(8-18)10-19/h4-5,7,10,12H,2-3,6,8-9H2,1H3,(H,17,20). The molecule has 0 bridgehead atoms. The van der Waals surface area contributed by atoms with Crippen LogP contribution in [0.25, 0.3) is 0 Å². The minimum absolute atomic E-state index is 0.0537. The summed E-state index contributed by atoms with van der Waals surface area (Å²) in [5.74, 6) is 0.00999. The minimum atomic E-state index is -0.0537. The van der Waals surface area contributed by atoms with Crippen molar-refractivity contribution in [2.75, 3.05) is 25.0 Å². The van der Waals surface area contributed by atoms with Gasteiger partial charge in [0.25, 0.3) is 0 Å². The van der Waals surface area contributed by atoms with Gasteiger partial charge in [0.2, 0.25) is 5.91 Å². The Morgan fingerprint density at radius 2 is 2.35 bits per heavy atom. The van der Waals surface area contributed by atoms with Gasteiger partial charge in [-0.25, -0.2) is 0 Å². The predicted octanol–water partition coefficient (Wildman–Crippen LogP) is 2.50. The van der Waals surface area contributed by atoms with Crippen molar-refractivity contribution in [1.82, 2.24) is 4.90 Å². The van der Waals surface area contributed by atoms with Crippen LogP contribution in [-0.2, 0) is 9.59 Å². The van der Waals surface area contributed by atoms with E-state index in [1.54, 1.807) is 12.1 Å². The van der Waals surface area contributed by atoms with Gasteiger partial charge in [0, 0.05) is 23.2 Å². The number of nitrogens with zero attached hydrogens (tertiary/aromatic N) is 1. The normalized spacial score (nSPS) is 19.6. The molecule has 1 unspecified atom stereocenters. The summed E-state index contributed by atoms with van der Waals surface area (Å²) in [5.41, 5.74) is 1.72. The van der Waals surface area contributed by atoms with E-state index < -0.39 is 0 Å². The van der Waals surface area contributed by atoms with Crippen LogP contribution >= 0.6 is 11.6 Å². The highest BCUT2D eigenvalue weighted by Gasteiger charge is 2.21. The van der Waals surface area contributed by atoms with E-state index in [-0.39, 0.29) is 11.8 Å². The third kappa shape index (κ3) is 4.05. The van der Waals surface area contributed by atoms with E-state index in [9.17, 15) is 9.59 Å². The van der Waals surface area contributed by atoms with Crippen molar-refractivity contribution in [2.45, 2.75) is 19.8 Å². The molecule has 108 valence electrons. The van der Waals surface area contributed by atoms with Crippen LogP contribution in [0.5, 0.6) is 0 Å². The van der Waals surface area contributed by atoms with Gasteiger partial charge in [0.05, 0.1) is 6.54 Å². The first-order valence-electron chi connectivity index (χ1n) is 6.82. The van der Waals surface area contributed by atoms with Crippen LogP contribution < -0.4 is 5.32 Å². The quantitative estimate of drug-likeness (QED) is 0.868. The zero-order chi connectivity index (χ0) is 14.5. The van der Waals surface area contributed by atoms with Crippen molar-refractivity contribution in [3.8, 4) is 0 Å². The number of piperidine rings is 1. The molecule has 1 saturated heterocycles. The highest BCUT2D eigenvalue weighted by Crippen LogP contribution is 2.20. The lowest BCUT2D eigenvalue weighted by Gasteiger charge is -2.29. The Hall–Kier alpha value is -1.39. The number of nitrogens with one attached hydrogen (secondary N) is 1. The zero-order valence-corrected chi connectivity index (χ0v) is 12.3. The lowest BCUT2D eigenvalue weighted by atomic mass is 10.00. The molecule has 1 amide bonds. The monoisotopic (exact) mass is 294 g/mol. The number of likely N-dealkylation sites (tertiary alicyclic amines) is 1. The molecule has 0 spiro atoms. The van der Waals surface area contributed by atoms with Crippen molar-refractivity contribution in [1.29, 1.82) is 0 Å². The molecule has 1 atom stereocenters. The highest BCUT2D eigenvalue weighted by molar-refractivity contribution is 6.30. The van der Waals surface area contributed by atoms with Gasteiger partial charge < -0.3 is 10.1 Å². The number of hydrogen-bond acceptors (Lipinski definition) is 3. The zero-order valence-electron chi connectivity index (χ0n) is 11.6. The van der Waals surface area contributed by atoms with Gasteiger partial charge in [0.1, 0.15) is 6.29 Å². The number of amides is 1. The number of anilines is 1. The largest absolute Gasteiger partial charge is 0.325 e. The van der Waals surface area contributed by atoms with E-state index >= 15 is 0 Å². The van der Waals surface area contributed by atoms with Crippen molar-refractivity contribution in [3.05, 3.63) is 28.8 Å². The van der Waals surface area contributed by atoms with E-state index in [0.29, 0.717) is 18.1 Å². The first-order valence-corrected chi connectivity index (χ1v) is 7.20. The highest BCUT2D eigenvalue weighted by atomic mass is 35.5. The molecule has 0 aromatic heterocycles. The van der Waals surface area contributed by atoms with Crippen molar-refractivity contribution < 1.29 is 9.59 Å². The fraction of sp³-hybridized carbons (Fsp3) is 0.467. The molecular formula is C15H19ClN2O2. The average molecular weight is 295 g/mol. The number of aldehydes is 1. The second-order valence-corrected chi connectivity index (χ2v) is 5.72. The summed E-state index contributed by atoms with van der Waals surface area (Å²) in [6.07, 6.45) is 2.89. The molecule has 1 N–H and O–H groups in total. The van der Waals surface area contributed by atoms with Gasteiger partial charge in [-0.3, -0.25) is 9.69 Å². The molecule has 20 heavy (non-hydrogen) atoms. The van der Waals surface area contributed by atoms with E-state index in [4.69, 9.17) is 11.6 Å². The summed E-state index contributed by atoms with van der Waals surface area (Å²) in [7, 11) is 0. The Kier molecular flexibility index (Phi) is 5.15. The predicted molar refractivity (Wildman–Crippen MR) is 80.0 cm³/mol.